The SMILES string of the molecule is CCOc1ncccc1C(=O)NCCn1nc([C@@H]2CCN(C)C2)c2cccnc21. The van der Waals surface area contributed by atoms with Crippen LogP contribution in [0.5, 0.6) is 5.88 Å². The maximum Gasteiger partial charge on any atom is 0.256 e. The second-order valence-electron chi connectivity index (χ2n) is 7.28. The average molecular weight is 394 g/mol. The van der Waals surface area contributed by atoms with Crippen LogP contribution in [0.2, 0.25) is 0 Å². The van der Waals surface area contributed by atoms with Gasteiger partial charge in [0.15, 0.2) is 5.65 Å². The van der Waals surface area contributed by atoms with E-state index >= 15 is 0 Å². The van der Waals surface area contributed by atoms with Crippen molar-refractivity contribution in [2.45, 2.75) is 25.8 Å². The van der Waals surface area contributed by atoms with E-state index in [1.54, 1.807) is 24.5 Å². The number of hydrogen-bond acceptors (Lipinski definition) is 6. The van der Waals surface area contributed by atoms with Crippen LogP contribution in [0.15, 0.2) is 36.7 Å². The van der Waals surface area contributed by atoms with Crippen LogP contribution in [0, 0.1) is 0 Å². The van der Waals surface area contributed by atoms with E-state index in [0.29, 0.717) is 37.1 Å². The average Bonchev–Trinajstić information content (AvgIpc) is 3.32. The number of nitrogens with one attached hydrogen (secondary N) is 1. The molecule has 3 aromatic rings. The number of nitrogens with zero attached hydrogens (tertiary/aromatic N) is 5. The molecule has 1 N–H and O–H groups in total. The molecule has 8 heteroatoms. The number of rotatable bonds is 7. The zero-order valence-electron chi connectivity index (χ0n) is 16.8. The van der Waals surface area contributed by atoms with Crippen molar-refractivity contribution in [1.82, 2.24) is 30.0 Å². The fourth-order valence-electron chi connectivity index (χ4n) is 3.84. The number of likely N-dealkylation sites (tertiary alicyclic amines) is 1. The van der Waals surface area contributed by atoms with Crippen LogP contribution < -0.4 is 10.1 Å². The maximum absolute atomic E-state index is 12.6. The topological polar surface area (TPSA) is 85.2 Å². The highest BCUT2D eigenvalue weighted by Crippen LogP contribution is 2.30. The second kappa shape index (κ2) is 8.57. The number of amides is 1. The Bertz CT molecular complexity index is 1000. The second-order valence-corrected chi connectivity index (χ2v) is 7.28. The number of carbonyl (C=O) groups excluding carboxylic acids is 1. The van der Waals surface area contributed by atoms with E-state index in [4.69, 9.17) is 9.84 Å². The number of carbonyl (C=O) groups is 1. The quantitative estimate of drug-likeness (QED) is 0.660. The molecule has 1 aliphatic heterocycles. The van der Waals surface area contributed by atoms with Crippen molar-refractivity contribution < 1.29 is 9.53 Å². The molecular formula is C21H26N6O2. The first-order valence-corrected chi connectivity index (χ1v) is 10.0. The van der Waals surface area contributed by atoms with E-state index in [2.05, 4.69) is 33.3 Å². The van der Waals surface area contributed by atoms with Gasteiger partial charge in [-0.15, -0.1) is 0 Å². The third-order valence-corrected chi connectivity index (χ3v) is 5.22. The van der Waals surface area contributed by atoms with Gasteiger partial charge in [0.25, 0.3) is 5.91 Å². The zero-order valence-corrected chi connectivity index (χ0v) is 16.8. The summed E-state index contributed by atoms with van der Waals surface area (Å²) < 4.78 is 7.34. The van der Waals surface area contributed by atoms with Gasteiger partial charge < -0.3 is 15.0 Å². The minimum Gasteiger partial charge on any atom is -0.477 e. The smallest absolute Gasteiger partial charge is 0.256 e. The molecule has 4 rings (SSSR count). The van der Waals surface area contributed by atoms with E-state index < -0.39 is 0 Å². The molecule has 1 amide bonds. The minimum absolute atomic E-state index is 0.205. The molecule has 0 spiro atoms. The lowest BCUT2D eigenvalue weighted by molar-refractivity contribution is 0.0947. The van der Waals surface area contributed by atoms with Crippen LogP contribution in [0.25, 0.3) is 11.0 Å². The Morgan fingerprint density at radius 1 is 1.28 bits per heavy atom. The zero-order chi connectivity index (χ0) is 20.2. The molecule has 3 aromatic heterocycles. The molecule has 0 bridgehead atoms. The van der Waals surface area contributed by atoms with Gasteiger partial charge in [-0.2, -0.15) is 5.10 Å². The van der Waals surface area contributed by atoms with Crippen molar-refractivity contribution in [3.8, 4) is 5.88 Å². The van der Waals surface area contributed by atoms with Gasteiger partial charge in [0.1, 0.15) is 5.56 Å². The van der Waals surface area contributed by atoms with Crippen molar-refractivity contribution in [2.75, 3.05) is 33.3 Å². The summed E-state index contributed by atoms with van der Waals surface area (Å²) in [5.74, 6) is 0.571. The van der Waals surface area contributed by atoms with E-state index in [9.17, 15) is 4.79 Å². The van der Waals surface area contributed by atoms with Crippen molar-refractivity contribution in [1.29, 1.82) is 0 Å². The summed E-state index contributed by atoms with van der Waals surface area (Å²) in [4.78, 5) is 23.6. The van der Waals surface area contributed by atoms with Crippen molar-refractivity contribution in [3.05, 3.63) is 47.9 Å². The first-order valence-electron chi connectivity index (χ1n) is 10.0. The highest BCUT2D eigenvalue weighted by atomic mass is 16.5. The van der Waals surface area contributed by atoms with E-state index in [-0.39, 0.29) is 5.91 Å². The summed E-state index contributed by atoms with van der Waals surface area (Å²) >= 11 is 0. The maximum atomic E-state index is 12.6. The predicted octanol–water partition coefficient (Wildman–Crippen LogP) is 2.07. The number of aromatic nitrogens is 4. The lowest BCUT2D eigenvalue weighted by atomic mass is 10.0. The predicted molar refractivity (Wildman–Crippen MR) is 110 cm³/mol. The third-order valence-electron chi connectivity index (χ3n) is 5.22. The number of ether oxygens (including phenoxy) is 1. The molecule has 4 heterocycles. The van der Waals surface area contributed by atoms with Gasteiger partial charge >= 0.3 is 0 Å². The van der Waals surface area contributed by atoms with Crippen LogP contribution in [-0.4, -0.2) is 63.8 Å². The highest BCUT2D eigenvalue weighted by Gasteiger charge is 2.26. The fourth-order valence-corrected chi connectivity index (χ4v) is 3.84. The minimum atomic E-state index is -0.205. The summed E-state index contributed by atoms with van der Waals surface area (Å²) in [6.07, 6.45) is 4.51. The molecule has 0 unspecified atom stereocenters. The Morgan fingerprint density at radius 2 is 2.10 bits per heavy atom. The Balaban J connectivity index is 1.47. The molecule has 0 saturated carbocycles. The van der Waals surface area contributed by atoms with Crippen LogP contribution >= 0.6 is 0 Å². The molecule has 1 atom stereocenters. The monoisotopic (exact) mass is 394 g/mol. The van der Waals surface area contributed by atoms with Crippen LogP contribution in [-0.2, 0) is 6.54 Å². The summed E-state index contributed by atoms with van der Waals surface area (Å²) in [5, 5.41) is 8.90. The van der Waals surface area contributed by atoms with Crippen molar-refractivity contribution in [3.63, 3.8) is 0 Å². The van der Waals surface area contributed by atoms with E-state index in [0.717, 1.165) is 36.2 Å². The standard InChI is InChI=1S/C21H26N6O2/c1-3-29-21-17(7-5-10-24-21)20(28)23-11-13-27-19-16(6-4-9-22-19)18(25-27)15-8-12-26(2)14-15/h4-7,9-10,15H,3,8,11-14H2,1-2H3,(H,23,28)/t15-/m1/s1. The normalized spacial score (nSPS) is 17.0. The number of likely N-dealkylation sites (N-methyl/N-ethyl adjacent to an activating group) is 1. The van der Waals surface area contributed by atoms with Gasteiger partial charge in [0, 0.05) is 36.8 Å². The van der Waals surface area contributed by atoms with Crippen molar-refractivity contribution in [2.24, 2.45) is 0 Å². The molecule has 0 aliphatic carbocycles. The Morgan fingerprint density at radius 3 is 2.90 bits per heavy atom. The summed E-state index contributed by atoms with van der Waals surface area (Å²) in [5.41, 5.74) is 2.41. The van der Waals surface area contributed by atoms with E-state index in [1.165, 1.54) is 0 Å². The highest BCUT2D eigenvalue weighted by molar-refractivity contribution is 5.96. The van der Waals surface area contributed by atoms with E-state index in [1.807, 2.05) is 17.7 Å². The van der Waals surface area contributed by atoms with Gasteiger partial charge in [-0.3, -0.25) is 4.79 Å². The molecule has 0 radical (unpaired) electrons. The first-order chi connectivity index (χ1) is 14.2. The Hall–Kier alpha value is -3.00. The van der Waals surface area contributed by atoms with Gasteiger partial charge in [-0.05, 0) is 51.2 Å². The summed E-state index contributed by atoms with van der Waals surface area (Å²) in [6.45, 7) is 5.41. The molecular weight excluding hydrogens is 368 g/mol. The first kappa shape index (κ1) is 19.3. The third kappa shape index (κ3) is 4.07. The van der Waals surface area contributed by atoms with Gasteiger partial charge in [0.05, 0.1) is 18.8 Å². The molecule has 8 nitrogen and oxygen atoms in total. The largest absolute Gasteiger partial charge is 0.477 e. The van der Waals surface area contributed by atoms with Gasteiger partial charge in [-0.1, -0.05) is 0 Å². The van der Waals surface area contributed by atoms with Crippen LogP contribution in [0.1, 0.15) is 35.3 Å². The summed E-state index contributed by atoms with van der Waals surface area (Å²) in [6, 6.07) is 7.48. The fraction of sp³-hybridized carbons (Fsp3) is 0.429. The molecule has 1 fully saturated rings. The number of pyridine rings is 2. The molecule has 1 aliphatic rings. The molecule has 152 valence electrons. The number of hydrogen-bond donors (Lipinski definition) is 1. The Kier molecular flexibility index (Phi) is 5.71. The molecule has 0 aromatic carbocycles. The lowest BCUT2D eigenvalue weighted by Gasteiger charge is -2.10. The summed E-state index contributed by atoms with van der Waals surface area (Å²) in [7, 11) is 2.14. The van der Waals surface area contributed by atoms with Crippen LogP contribution in [0.4, 0.5) is 0 Å². The van der Waals surface area contributed by atoms with Gasteiger partial charge in [0.2, 0.25) is 5.88 Å². The lowest BCUT2D eigenvalue weighted by Crippen LogP contribution is -2.28. The molecule has 29 heavy (non-hydrogen) atoms. The number of fused-ring (bicyclic) bond motifs is 1. The Labute approximate surface area is 169 Å². The molecule has 1 saturated heterocycles. The van der Waals surface area contributed by atoms with Crippen molar-refractivity contribution >= 4 is 16.9 Å². The van der Waals surface area contributed by atoms with Crippen LogP contribution in [0.3, 0.4) is 0 Å². The van der Waals surface area contributed by atoms with Gasteiger partial charge in [-0.25, -0.2) is 14.6 Å².